The number of nitrogens with zero attached hydrogens (tertiary/aromatic N) is 2. The van der Waals surface area contributed by atoms with Gasteiger partial charge in [-0.25, -0.2) is 4.98 Å². The van der Waals surface area contributed by atoms with E-state index in [-0.39, 0.29) is 18.6 Å². The molecular formula is C19H23ClN2O3. The van der Waals surface area contributed by atoms with Gasteiger partial charge >= 0.3 is 0 Å². The van der Waals surface area contributed by atoms with E-state index >= 15 is 0 Å². The zero-order valence-corrected chi connectivity index (χ0v) is 15.2. The van der Waals surface area contributed by atoms with Gasteiger partial charge in [-0.2, -0.15) is 0 Å². The van der Waals surface area contributed by atoms with Crippen LogP contribution in [0, 0.1) is 0 Å². The minimum absolute atomic E-state index is 0.00240. The maximum absolute atomic E-state index is 12.4. The number of aromatic nitrogens is 1. The summed E-state index contributed by atoms with van der Waals surface area (Å²) in [5.41, 5.74) is 1.000. The van der Waals surface area contributed by atoms with Crippen LogP contribution in [0.4, 0.5) is 0 Å². The van der Waals surface area contributed by atoms with Crippen LogP contribution in [-0.4, -0.2) is 35.5 Å². The monoisotopic (exact) mass is 362 g/mol. The van der Waals surface area contributed by atoms with Crippen molar-refractivity contribution in [1.82, 2.24) is 9.88 Å². The zero-order valence-electron chi connectivity index (χ0n) is 14.4. The Kier molecular flexibility index (Phi) is 6.10. The highest BCUT2D eigenvalue weighted by Gasteiger charge is 2.31. The number of halogens is 1. The van der Waals surface area contributed by atoms with Crippen molar-refractivity contribution in [2.45, 2.75) is 38.6 Å². The molecule has 1 amide bonds. The van der Waals surface area contributed by atoms with Crippen LogP contribution in [0.2, 0.25) is 5.02 Å². The highest BCUT2D eigenvalue weighted by atomic mass is 35.5. The lowest BCUT2D eigenvalue weighted by molar-refractivity contribution is -0.140. The van der Waals surface area contributed by atoms with Crippen LogP contribution in [0.25, 0.3) is 0 Å². The largest absolute Gasteiger partial charge is 0.443 e. The molecule has 0 spiro atoms. The highest BCUT2D eigenvalue weighted by molar-refractivity contribution is 6.31. The molecule has 1 aromatic heterocycles. The number of carbonyl (C=O) groups is 1. The van der Waals surface area contributed by atoms with Gasteiger partial charge in [-0.15, -0.1) is 0 Å². The third-order valence-electron chi connectivity index (χ3n) is 4.43. The van der Waals surface area contributed by atoms with Gasteiger partial charge in [0, 0.05) is 24.6 Å². The van der Waals surface area contributed by atoms with Gasteiger partial charge in [0.15, 0.2) is 0 Å². The Bertz CT molecular complexity index is 716. The lowest BCUT2D eigenvalue weighted by Crippen LogP contribution is -2.40. The number of rotatable bonds is 6. The number of hydrogen-bond acceptors (Lipinski definition) is 4. The third kappa shape index (κ3) is 4.41. The predicted molar refractivity (Wildman–Crippen MR) is 95.6 cm³/mol. The second kappa shape index (κ2) is 8.50. The van der Waals surface area contributed by atoms with Crippen LogP contribution >= 0.6 is 11.6 Å². The number of oxazole rings is 1. The summed E-state index contributed by atoms with van der Waals surface area (Å²) in [4.78, 5) is 18.7. The summed E-state index contributed by atoms with van der Waals surface area (Å²) < 4.78 is 11.2. The average Bonchev–Trinajstić information content (AvgIpc) is 3.10. The summed E-state index contributed by atoms with van der Waals surface area (Å²) in [7, 11) is 0. The van der Waals surface area contributed by atoms with E-state index in [4.69, 9.17) is 20.8 Å². The number of hydrogen-bond donors (Lipinski definition) is 0. The molecule has 3 rings (SSSR count). The number of carbonyl (C=O) groups excluding carboxylic acids is 1. The first-order chi connectivity index (χ1) is 12.2. The molecule has 6 heteroatoms. The van der Waals surface area contributed by atoms with Crippen molar-refractivity contribution in [3.63, 3.8) is 0 Å². The van der Waals surface area contributed by atoms with E-state index in [0.717, 1.165) is 37.1 Å². The number of ether oxygens (including phenoxy) is 1. The SMILES string of the molecule is CCOCC(=O)N1CCCC[C@@H]1c1ncc(Cc2ccccc2Cl)o1. The molecule has 134 valence electrons. The van der Waals surface area contributed by atoms with E-state index in [0.29, 0.717) is 23.9 Å². The average molecular weight is 363 g/mol. The Balaban J connectivity index is 1.73. The molecule has 0 bridgehead atoms. The summed E-state index contributed by atoms with van der Waals surface area (Å²) in [6, 6.07) is 7.59. The fourth-order valence-corrected chi connectivity index (χ4v) is 3.35. The van der Waals surface area contributed by atoms with Crippen molar-refractivity contribution in [3.8, 4) is 0 Å². The number of benzene rings is 1. The van der Waals surface area contributed by atoms with Gasteiger partial charge in [0.1, 0.15) is 18.4 Å². The van der Waals surface area contributed by atoms with Gasteiger partial charge in [0.05, 0.1) is 6.20 Å². The van der Waals surface area contributed by atoms with Crippen molar-refractivity contribution < 1.29 is 13.9 Å². The summed E-state index contributed by atoms with van der Waals surface area (Å²) >= 11 is 6.21. The molecule has 25 heavy (non-hydrogen) atoms. The van der Waals surface area contributed by atoms with Crippen molar-refractivity contribution in [3.05, 3.63) is 52.7 Å². The summed E-state index contributed by atoms with van der Waals surface area (Å²) in [5.74, 6) is 1.36. The Morgan fingerprint density at radius 2 is 2.24 bits per heavy atom. The molecule has 1 fully saturated rings. The predicted octanol–water partition coefficient (Wildman–Crippen LogP) is 4.01. The van der Waals surface area contributed by atoms with Crippen LogP contribution in [0.1, 0.15) is 49.4 Å². The molecule has 0 radical (unpaired) electrons. The molecule has 1 aliphatic rings. The van der Waals surface area contributed by atoms with E-state index in [1.54, 1.807) is 6.20 Å². The quantitative estimate of drug-likeness (QED) is 0.779. The molecule has 1 aromatic carbocycles. The smallest absolute Gasteiger partial charge is 0.249 e. The normalized spacial score (nSPS) is 17.7. The topological polar surface area (TPSA) is 55.6 Å². The fourth-order valence-electron chi connectivity index (χ4n) is 3.15. The van der Waals surface area contributed by atoms with E-state index in [1.165, 1.54) is 0 Å². The Morgan fingerprint density at radius 3 is 3.04 bits per heavy atom. The first-order valence-electron chi connectivity index (χ1n) is 8.74. The van der Waals surface area contributed by atoms with Gasteiger partial charge in [-0.05, 0) is 37.8 Å². The summed E-state index contributed by atoms with van der Waals surface area (Å²) in [6.45, 7) is 3.25. The Hall–Kier alpha value is -1.85. The Morgan fingerprint density at radius 1 is 1.40 bits per heavy atom. The third-order valence-corrected chi connectivity index (χ3v) is 4.80. The van der Waals surface area contributed by atoms with Gasteiger partial charge in [0.25, 0.3) is 0 Å². The molecule has 1 saturated heterocycles. The van der Waals surface area contributed by atoms with Crippen LogP contribution < -0.4 is 0 Å². The minimum atomic E-state index is -0.110. The summed E-state index contributed by atoms with van der Waals surface area (Å²) in [6.07, 6.45) is 5.25. The molecule has 0 unspecified atom stereocenters. The van der Waals surface area contributed by atoms with Gasteiger partial charge < -0.3 is 14.1 Å². The zero-order chi connectivity index (χ0) is 17.6. The van der Waals surface area contributed by atoms with Crippen LogP contribution in [0.5, 0.6) is 0 Å². The second-order valence-corrected chi connectivity index (χ2v) is 6.58. The molecule has 1 atom stereocenters. The molecule has 5 nitrogen and oxygen atoms in total. The van der Waals surface area contributed by atoms with Crippen LogP contribution in [0.3, 0.4) is 0 Å². The lowest BCUT2D eigenvalue weighted by atomic mass is 10.0. The van der Waals surface area contributed by atoms with Gasteiger partial charge in [-0.1, -0.05) is 29.8 Å². The van der Waals surface area contributed by atoms with Gasteiger partial charge in [0.2, 0.25) is 11.8 Å². The van der Waals surface area contributed by atoms with Gasteiger partial charge in [-0.3, -0.25) is 4.79 Å². The molecule has 2 heterocycles. The highest BCUT2D eigenvalue weighted by Crippen LogP contribution is 2.31. The first kappa shape index (κ1) is 18.0. The van der Waals surface area contributed by atoms with E-state index in [9.17, 15) is 4.79 Å². The van der Waals surface area contributed by atoms with Crippen LogP contribution in [-0.2, 0) is 16.0 Å². The fraction of sp³-hybridized carbons (Fsp3) is 0.474. The second-order valence-electron chi connectivity index (χ2n) is 6.17. The van der Waals surface area contributed by atoms with Crippen molar-refractivity contribution in [2.75, 3.05) is 19.8 Å². The molecule has 0 N–H and O–H groups in total. The van der Waals surface area contributed by atoms with Crippen molar-refractivity contribution in [1.29, 1.82) is 0 Å². The Labute approximate surface area is 152 Å². The number of likely N-dealkylation sites (tertiary alicyclic amines) is 1. The minimum Gasteiger partial charge on any atom is -0.443 e. The van der Waals surface area contributed by atoms with Crippen LogP contribution in [0.15, 0.2) is 34.9 Å². The van der Waals surface area contributed by atoms with Crippen molar-refractivity contribution in [2.24, 2.45) is 0 Å². The number of amides is 1. The molecule has 1 aliphatic heterocycles. The van der Waals surface area contributed by atoms with E-state index in [1.807, 2.05) is 36.1 Å². The molecule has 0 saturated carbocycles. The first-order valence-corrected chi connectivity index (χ1v) is 9.12. The molecule has 2 aromatic rings. The maximum atomic E-state index is 12.4. The van der Waals surface area contributed by atoms with E-state index in [2.05, 4.69) is 4.98 Å². The molecular weight excluding hydrogens is 340 g/mol. The standard InChI is InChI=1S/C19H23ClN2O3/c1-2-24-13-18(23)22-10-6-5-9-17(22)19-21-12-15(25-19)11-14-7-3-4-8-16(14)20/h3-4,7-8,12,17H,2,5-6,9-11,13H2,1H3/t17-/m1/s1. The lowest BCUT2D eigenvalue weighted by Gasteiger charge is -2.33. The van der Waals surface area contributed by atoms with Crippen molar-refractivity contribution >= 4 is 17.5 Å². The van der Waals surface area contributed by atoms with E-state index < -0.39 is 0 Å². The number of piperidine rings is 1. The summed E-state index contributed by atoms with van der Waals surface area (Å²) in [5, 5.41) is 0.714. The molecule has 0 aliphatic carbocycles. The maximum Gasteiger partial charge on any atom is 0.249 e.